The summed E-state index contributed by atoms with van der Waals surface area (Å²) in [4.78, 5) is 10.9. The van der Waals surface area contributed by atoms with Crippen LogP contribution >= 0.6 is 0 Å². The molecule has 2 nitrogen and oxygen atoms in total. The second-order valence-electron chi connectivity index (χ2n) is 2.97. The Kier molecular flexibility index (Phi) is 6.98. The van der Waals surface area contributed by atoms with E-state index in [-0.39, 0.29) is 5.97 Å². The lowest BCUT2D eigenvalue weighted by Gasteiger charge is -2.00. The third kappa shape index (κ3) is 7.32. The number of hydrogen-bond donors (Lipinski definition) is 0. The van der Waals surface area contributed by atoms with E-state index in [1.807, 2.05) is 6.08 Å². The number of ether oxygens (including phenoxy) is 1. The normalized spacial score (nSPS) is 10.3. The molecule has 0 spiro atoms. The van der Waals surface area contributed by atoms with E-state index in [0.29, 0.717) is 12.2 Å². The van der Waals surface area contributed by atoms with Crippen LogP contribution in [0.2, 0.25) is 0 Å². The number of allylic oxidation sites excluding steroid dienone is 1. The van der Waals surface area contributed by atoms with Crippen LogP contribution in [-0.2, 0) is 9.53 Å². The molecule has 0 aromatic heterocycles. The van der Waals surface area contributed by atoms with Crippen molar-refractivity contribution in [2.24, 2.45) is 0 Å². The lowest BCUT2D eigenvalue weighted by atomic mass is 10.3. The van der Waals surface area contributed by atoms with E-state index < -0.39 is 0 Å². The molecule has 13 heavy (non-hydrogen) atoms. The van der Waals surface area contributed by atoms with Gasteiger partial charge in [-0.15, -0.1) is 0 Å². The highest BCUT2D eigenvalue weighted by atomic mass is 16.5. The first-order valence-electron chi connectivity index (χ1n) is 4.66. The minimum Gasteiger partial charge on any atom is -0.462 e. The molecule has 0 saturated heterocycles. The predicted molar refractivity (Wildman–Crippen MR) is 54.4 cm³/mol. The van der Waals surface area contributed by atoms with Crippen molar-refractivity contribution in [3.63, 3.8) is 0 Å². The van der Waals surface area contributed by atoms with Crippen LogP contribution in [0.3, 0.4) is 0 Å². The molecule has 0 atom stereocenters. The summed E-state index contributed by atoms with van der Waals surface area (Å²) < 4.78 is 4.89. The van der Waals surface area contributed by atoms with Crippen LogP contribution in [0, 0.1) is 0 Å². The number of hydrogen-bond acceptors (Lipinski definition) is 2. The molecular weight excluding hydrogens is 164 g/mol. The number of unbranched alkanes of at least 4 members (excludes halogenated alkanes) is 1. The highest BCUT2D eigenvalue weighted by Gasteiger charge is 2.00. The molecule has 0 saturated carbocycles. The molecule has 0 rings (SSSR count). The number of carbonyl (C=O) groups excluding carboxylic acids is 1. The summed E-state index contributed by atoms with van der Waals surface area (Å²) in [6.45, 7) is 7.72. The van der Waals surface area contributed by atoms with Crippen LogP contribution < -0.4 is 0 Å². The largest absolute Gasteiger partial charge is 0.462 e. The third-order valence-electron chi connectivity index (χ3n) is 1.49. The molecule has 0 radical (unpaired) electrons. The smallest absolute Gasteiger partial charge is 0.333 e. The Bertz CT molecular complexity index is 192. The molecular formula is C11H18O2. The maximum absolute atomic E-state index is 10.9. The molecule has 0 aliphatic heterocycles. The predicted octanol–water partition coefficient (Wildman–Crippen LogP) is 2.85. The van der Waals surface area contributed by atoms with E-state index in [9.17, 15) is 4.79 Å². The molecule has 0 unspecified atom stereocenters. The van der Waals surface area contributed by atoms with E-state index in [0.717, 1.165) is 19.3 Å². The lowest BCUT2D eigenvalue weighted by molar-refractivity contribution is -0.138. The van der Waals surface area contributed by atoms with Gasteiger partial charge in [0.05, 0.1) is 6.61 Å². The van der Waals surface area contributed by atoms with Gasteiger partial charge in [-0.25, -0.2) is 4.79 Å². The van der Waals surface area contributed by atoms with E-state index >= 15 is 0 Å². The van der Waals surface area contributed by atoms with Crippen LogP contribution in [-0.4, -0.2) is 12.6 Å². The number of rotatable bonds is 6. The Morgan fingerprint density at radius 3 is 2.54 bits per heavy atom. The summed E-state index contributed by atoms with van der Waals surface area (Å²) in [5.41, 5.74) is 0.456. The third-order valence-corrected chi connectivity index (χ3v) is 1.49. The summed E-state index contributed by atoms with van der Waals surface area (Å²) in [6, 6.07) is 0. The molecule has 0 heterocycles. The lowest BCUT2D eigenvalue weighted by Crippen LogP contribution is -2.05. The van der Waals surface area contributed by atoms with Crippen LogP contribution in [0.15, 0.2) is 24.3 Å². The quantitative estimate of drug-likeness (QED) is 0.273. The zero-order chi connectivity index (χ0) is 10.1. The van der Waals surface area contributed by atoms with E-state index in [1.165, 1.54) is 0 Å². The summed E-state index contributed by atoms with van der Waals surface area (Å²) in [5.74, 6) is -0.302. The van der Waals surface area contributed by atoms with Gasteiger partial charge >= 0.3 is 5.97 Å². The van der Waals surface area contributed by atoms with Gasteiger partial charge in [0.15, 0.2) is 0 Å². The Morgan fingerprint density at radius 2 is 2.00 bits per heavy atom. The second kappa shape index (κ2) is 7.59. The van der Waals surface area contributed by atoms with E-state index in [4.69, 9.17) is 4.74 Å². The number of esters is 1. The molecule has 0 bridgehead atoms. The van der Waals surface area contributed by atoms with E-state index in [2.05, 4.69) is 19.6 Å². The second-order valence-corrected chi connectivity index (χ2v) is 2.97. The fourth-order valence-corrected chi connectivity index (χ4v) is 0.745. The Labute approximate surface area is 80.3 Å². The van der Waals surface area contributed by atoms with Crippen LogP contribution in [0.5, 0.6) is 0 Å². The first-order valence-corrected chi connectivity index (χ1v) is 4.66. The van der Waals surface area contributed by atoms with Gasteiger partial charge in [-0.1, -0.05) is 32.1 Å². The van der Waals surface area contributed by atoms with Gasteiger partial charge in [0.25, 0.3) is 0 Å². The van der Waals surface area contributed by atoms with Crippen molar-refractivity contribution in [2.75, 3.05) is 6.61 Å². The van der Waals surface area contributed by atoms with Gasteiger partial charge in [0, 0.05) is 5.57 Å². The van der Waals surface area contributed by atoms with Gasteiger partial charge in [0.1, 0.15) is 0 Å². The zero-order valence-electron chi connectivity index (χ0n) is 8.51. The highest BCUT2D eigenvalue weighted by Crippen LogP contribution is 1.95. The summed E-state index contributed by atoms with van der Waals surface area (Å²) in [7, 11) is 0. The number of carbonyl (C=O) groups is 1. The van der Waals surface area contributed by atoms with Crippen molar-refractivity contribution in [1.82, 2.24) is 0 Å². The van der Waals surface area contributed by atoms with Crippen LogP contribution in [0.1, 0.15) is 33.1 Å². The zero-order valence-corrected chi connectivity index (χ0v) is 8.51. The first-order chi connectivity index (χ1) is 6.18. The van der Waals surface area contributed by atoms with Crippen molar-refractivity contribution in [2.45, 2.75) is 33.1 Å². The highest BCUT2D eigenvalue weighted by molar-refractivity contribution is 5.86. The molecule has 0 N–H and O–H groups in total. The van der Waals surface area contributed by atoms with Gasteiger partial charge in [0.2, 0.25) is 0 Å². The monoisotopic (exact) mass is 182 g/mol. The molecule has 2 heteroatoms. The fraction of sp³-hybridized carbons (Fsp3) is 0.545. The average Bonchev–Trinajstić information content (AvgIpc) is 2.10. The van der Waals surface area contributed by atoms with Crippen molar-refractivity contribution < 1.29 is 9.53 Å². The van der Waals surface area contributed by atoms with Gasteiger partial charge in [-0.3, -0.25) is 0 Å². The van der Waals surface area contributed by atoms with Crippen molar-refractivity contribution in [3.8, 4) is 0 Å². The maximum Gasteiger partial charge on any atom is 0.333 e. The van der Waals surface area contributed by atoms with Gasteiger partial charge in [-0.2, -0.15) is 0 Å². The van der Waals surface area contributed by atoms with Crippen LogP contribution in [0.25, 0.3) is 0 Å². The molecule has 0 aromatic carbocycles. The molecule has 0 aliphatic carbocycles. The summed E-state index contributed by atoms with van der Waals surface area (Å²) in [6.07, 6.45) is 7.18. The van der Waals surface area contributed by atoms with Crippen molar-refractivity contribution >= 4 is 5.97 Å². The first kappa shape index (κ1) is 11.9. The Balaban J connectivity index is 3.35. The molecule has 0 fully saturated rings. The summed E-state index contributed by atoms with van der Waals surface area (Å²) >= 11 is 0. The minimum absolute atomic E-state index is 0.302. The molecule has 0 aromatic rings. The SMILES string of the molecule is C=C(C)C(=O)OCC/C=C/CCC. The summed E-state index contributed by atoms with van der Waals surface area (Å²) in [5, 5.41) is 0. The van der Waals surface area contributed by atoms with Crippen LogP contribution in [0.4, 0.5) is 0 Å². The average molecular weight is 182 g/mol. The van der Waals surface area contributed by atoms with Crippen molar-refractivity contribution in [3.05, 3.63) is 24.3 Å². The fourth-order valence-electron chi connectivity index (χ4n) is 0.745. The molecule has 0 aliphatic rings. The van der Waals surface area contributed by atoms with E-state index in [1.54, 1.807) is 6.92 Å². The standard InChI is InChI=1S/C11H18O2/c1-4-5-6-7-8-9-13-11(12)10(2)3/h6-7H,2,4-5,8-9H2,1,3H3/b7-6+. The Morgan fingerprint density at radius 1 is 1.38 bits per heavy atom. The van der Waals surface area contributed by atoms with Crippen molar-refractivity contribution in [1.29, 1.82) is 0 Å². The topological polar surface area (TPSA) is 26.3 Å². The molecule has 0 amide bonds. The maximum atomic E-state index is 10.9. The van der Waals surface area contributed by atoms with Gasteiger partial charge < -0.3 is 4.74 Å². The Hall–Kier alpha value is -1.05. The molecule has 74 valence electrons. The minimum atomic E-state index is -0.302. The van der Waals surface area contributed by atoms with Gasteiger partial charge in [-0.05, 0) is 19.8 Å².